The minimum atomic E-state index is 0.141. The number of aryl methyl sites for hydroxylation is 1. The Bertz CT molecular complexity index is 957. The molecule has 1 aromatic heterocycles. The summed E-state index contributed by atoms with van der Waals surface area (Å²) in [5.74, 6) is 0.461. The van der Waals surface area contributed by atoms with Crippen molar-refractivity contribution in [2.45, 2.75) is 53.5 Å². The molecule has 32 heavy (non-hydrogen) atoms. The van der Waals surface area contributed by atoms with Gasteiger partial charge in [-0.1, -0.05) is 17.7 Å². The van der Waals surface area contributed by atoms with Crippen LogP contribution in [0.15, 0.2) is 77.2 Å². The molecule has 2 heterocycles. The summed E-state index contributed by atoms with van der Waals surface area (Å²) in [5.41, 5.74) is 7.05. The van der Waals surface area contributed by atoms with Gasteiger partial charge in [-0.25, -0.2) is 0 Å². The van der Waals surface area contributed by atoms with Gasteiger partial charge in [0, 0.05) is 68.5 Å². The topological polar surface area (TPSA) is 37.3 Å². The Labute approximate surface area is 194 Å². The Morgan fingerprint density at radius 3 is 2.91 bits per heavy atom. The molecular weight excluding hydrogens is 394 g/mol. The van der Waals surface area contributed by atoms with E-state index in [0.717, 1.165) is 55.7 Å². The van der Waals surface area contributed by atoms with Crippen LogP contribution >= 0.6 is 0 Å². The van der Waals surface area contributed by atoms with Crippen molar-refractivity contribution in [1.29, 1.82) is 0 Å². The van der Waals surface area contributed by atoms with Gasteiger partial charge in [-0.2, -0.15) is 0 Å². The van der Waals surface area contributed by atoms with Crippen LogP contribution in [-0.2, 0) is 17.8 Å². The normalized spacial score (nSPS) is 23.1. The van der Waals surface area contributed by atoms with E-state index >= 15 is 0 Å². The zero-order valence-electron chi connectivity index (χ0n) is 20.2. The highest BCUT2D eigenvalue weighted by molar-refractivity contribution is 5.78. The molecule has 1 atom stereocenters. The van der Waals surface area contributed by atoms with Crippen molar-refractivity contribution < 1.29 is 4.79 Å². The third-order valence-corrected chi connectivity index (χ3v) is 6.32. The van der Waals surface area contributed by atoms with Crippen LogP contribution < -0.4 is 5.32 Å². The van der Waals surface area contributed by atoms with Gasteiger partial charge in [-0.05, 0) is 64.5 Å². The number of aromatic nitrogens is 1. The molecule has 0 saturated carbocycles. The van der Waals surface area contributed by atoms with E-state index < -0.39 is 0 Å². The van der Waals surface area contributed by atoms with Gasteiger partial charge >= 0.3 is 0 Å². The van der Waals surface area contributed by atoms with Gasteiger partial charge < -0.3 is 14.8 Å². The van der Waals surface area contributed by atoms with Gasteiger partial charge in [-0.15, -0.1) is 0 Å². The minimum Gasteiger partial charge on any atom is -0.376 e. The first-order valence-electron chi connectivity index (χ1n) is 11.7. The molecule has 1 amide bonds. The highest BCUT2D eigenvalue weighted by atomic mass is 16.2. The predicted octanol–water partition coefficient (Wildman–Crippen LogP) is 5.38. The average Bonchev–Trinajstić information content (AvgIpc) is 3.19. The first-order chi connectivity index (χ1) is 15.4. The molecule has 0 fully saturated rings. The van der Waals surface area contributed by atoms with Gasteiger partial charge in [0.15, 0.2) is 0 Å². The molecule has 3 rings (SSSR count). The highest BCUT2D eigenvalue weighted by Crippen LogP contribution is 2.26. The summed E-state index contributed by atoms with van der Waals surface area (Å²) < 4.78 is 2.32. The van der Waals surface area contributed by atoms with Crippen LogP contribution in [0.4, 0.5) is 0 Å². The molecule has 0 saturated heterocycles. The Hall–Kier alpha value is -2.88. The quantitative estimate of drug-likeness (QED) is 0.652. The summed E-state index contributed by atoms with van der Waals surface area (Å²) in [6, 6.07) is 4.29. The second kappa shape index (κ2) is 11.1. The lowest BCUT2D eigenvalue weighted by atomic mass is 9.87. The van der Waals surface area contributed by atoms with Crippen LogP contribution in [-0.4, -0.2) is 35.0 Å². The molecule has 4 nitrogen and oxygen atoms in total. The molecule has 1 aromatic rings. The zero-order chi connectivity index (χ0) is 23.1. The van der Waals surface area contributed by atoms with Crippen molar-refractivity contribution in [3.8, 4) is 0 Å². The molecule has 2 aliphatic rings. The smallest absolute Gasteiger partial charge is 0.241 e. The highest BCUT2D eigenvalue weighted by Gasteiger charge is 2.25. The molecule has 1 aliphatic heterocycles. The molecule has 170 valence electrons. The number of amides is 1. The minimum absolute atomic E-state index is 0.141. The Kier molecular flexibility index (Phi) is 8.26. The first-order valence-corrected chi connectivity index (χ1v) is 11.7. The fourth-order valence-corrected chi connectivity index (χ4v) is 4.52. The van der Waals surface area contributed by atoms with Crippen LogP contribution in [0.1, 0.15) is 46.2 Å². The van der Waals surface area contributed by atoms with Crippen LogP contribution in [0.3, 0.4) is 0 Å². The van der Waals surface area contributed by atoms with E-state index in [4.69, 9.17) is 0 Å². The van der Waals surface area contributed by atoms with Crippen molar-refractivity contribution in [3.63, 3.8) is 0 Å². The number of carbonyl (C=O) groups is 1. The van der Waals surface area contributed by atoms with Gasteiger partial charge in [0.2, 0.25) is 5.91 Å². The van der Waals surface area contributed by atoms with E-state index in [1.165, 1.54) is 16.8 Å². The molecular formula is C28H38N3O+. The Morgan fingerprint density at radius 2 is 2.16 bits per heavy atom. The fourth-order valence-electron chi connectivity index (χ4n) is 4.52. The number of fused-ring (bicyclic) bond motifs is 1. The fraction of sp³-hybridized carbons (Fsp3) is 0.429. The predicted molar refractivity (Wildman–Crippen MR) is 134 cm³/mol. The summed E-state index contributed by atoms with van der Waals surface area (Å²) in [7, 11) is 0. The van der Waals surface area contributed by atoms with Crippen LogP contribution in [0.2, 0.25) is 0 Å². The molecule has 0 aromatic carbocycles. The first kappa shape index (κ1) is 23.8. The van der Waals surface area contributed by atoms with Crippen molar-refractivity contribution in [3.05, 3.63) is 89.3 Å². The molecule has 1 aliphatic carbocycles. The zero-order valence-corrected chi connectivity index (χ0v) is 20.2. The number of hydrogen-bond acceptors (Lipinski definition) is 2. The molecule has 0 radical (unpaired) electrons. The number of carbonyl (C=O) groups excluding carboxylic acids is 1. The summed E-state index contributed by atoms with van der Waals surface area (Å²) in [6.45, 7) is 15.2. The van der Waals surface area contributed by atoms with E-state index in [9.17, 15) is 4.79 Å². The monoisotopic (exact) mass is 432 g/mol. The lowest BCUT2D eigenvalue weighted by Crippen LogP contribution is -2.42. The maximum Gasteiger partial charge on any atom is 0.241 e. The maximum absolute atomic E-state index is 13.4. The molecule has 1 unspecified atom stereocenters. The van der Waals surface area contributed by atoms with E-state index in [0.29, 0.717) is 12.5 Å². The van der Waals surface area contributed by atoms with Crippen molar-refractivity contribution >= 4 is 5.91 Å². The van der Waals surface area contributed by atoms with Gasteiger partial charge in [-0.3, -0.25) is 4.79 Å². The number of allylic oxidation sites excluding steroid dienone is 7. The Balaban J connectivity index is 1.86. The number of nitrogens with zero attached hydrogens (tertiary/aromatic N) is 2. The van der Waals surface area contributed by atoms with Crippen molar-refractivity contribution in [1.82, 2.24) is 14.8 Å². The Morgan fingerprint density at radius 1 is 1.34 bits per heavy atom. The van der Waals surface area contributed by atoms with Crippen LogP contribution in [0.5, 0.6) is 0 Å². The lowest BCUT2D eigenvalue weighted by molar-refractivity contribution is -0.130. The van der Waals surface area contributed by atoms with Crippen LogP contribution in [0, 0.1) is 12.3 Å². The van der Waals surface area contributed by atoms with Gasteiger partial charge in [0.25, 0.3) is 0 Å². The molecule has 0 spiro atoms. The second-order valence-electron chi connectivity index (χ2n) is 9.08. The van der Waals surface area contributed by atoms with E-state index in [1.54, 1.807) is 0 Å². The second-order valence-corrected chi connectivity index (χ2v) is 9.08. The van der Waals surface area contributed by atoms with Crippen molar-refractivity contribution in [2.75, 3.05) is 19.6 Å². The molecule has 4 heteroatoms. The van der Waals surface area contributed by atoms with E-state index in [-0.39, 0.29) is 5.91 Å². The number of hydrogen-bond donors (Lipinski definition) is 1. The molecule has 0 bridgehead atoms. The number of rotatable bonds is 3. The van der Waals surface area contributed by atoms with Crippen LogP contribution in [0.25, 0.3) is 0 Å². The summed E-state index contributed by atoms with van der Waals surface area (Å²) in [6.07, 6.45) is 15.9. The van der Waals surface area contributed by atoms with E-state index in [2.05, 4.69) is 86.3 Å². The standard InChI is InChI=1S/C28H38N3O/c1-6-24(5)27-18-21(2)9-7-12-30-13-8-10-26(30)11-14-31(28(32)19-29-27)20-25-16-22(3)15-23(4)17-25/h6,8-10,13,15,17-18,25,29H,3,7,11-12,14,16,19-20H2,1-2,4-5H3/q+1/b21-9-,24-6?,27-18?. The summed E-state index contributed by atoms with van der Waals surface area (Å²) >= 11 is 0. The third-order valence-electron chi connectivity index (χ3n) is 6.32. The summed E-state index contributed by atoms with van der Waals surface area (Å²) in [4.78, 5) is 15.4. The lowest BCUT2D eigenvalue weighted by Gasteiger charge is -2.28. The number of nitrogens with one attached hydrogen (secondary N) is 1. The largest absolute Gasteiger partial charge is 0.376 e. The maximum atomic E-state index is 13.4. The van der Waals surface area contributed by atoms with Crippen molar-refractivity contribution in [2.24, 2.45) is 5.92 Å². The summed E-state index contributed by atoms with van der Waals surface area (Å²) in [5, 5.41) is 3.42. The molecule has 1 N–H and O–H groups in total. The van der Waals surface area contributed by atoms with E-state index in [1.807, 2.05) is 11.8 Å². The van der Waals surface area contributed by atoms with Gasteiger partial charge in [0.1, 0.15) is 0 Å². The average molecular weight is 433 g/mol. The third kappa shape index (κ3) is 6.56. The van der Waals surface area contributed by atoms with Gasteiger partial charge in [0.05, 0.1) is 17.7 Å². The SMILES string of the molecule is C=C1[CH+]C(C)=CC(CN2CCc3cccn3CC/C=C(/C)C=C(C(C)=CC)NCC2=O)C1.